The Hall–Kier alpha value is -3.13. The van der Waals surface area contributed by atoms with Crippen LogP contribution in [0.4, 0.5) is 10.6 Å². The number of aromatic nitrogens is 2. The van der Waals surface area contributed by atoms with Gasteiger partial charge in [0.05, 0.1) is 23.8 Å². The van der Waals surface area contributed by atoms with E-state index in [2.05, 4.69) is 51.7 Å². The Balaban J connectivity index is 1.40. The van der Waals surface area contributed by atoms with Crippen molar-refractivity contribution in [2.45, 2.75) is 77.0 Å². The Labute approximate surface area is 220 Å². The maximum Gasteiger partial charge on any atom is 0.319 e. The highest BCUT2D eigenvalue weighted by Gasteiger charge is 2.44. The number of rotatable bonds is 9. The number of ketones is 1. The SMILES string of the molecule is C/C=C/C(=O)CC1CCC(Nc2n[nH]c3c2CN(C(=O)N[C@H](CN(C)C)c2ccccc2)C3(C)C)CC1. The Kier molecular flexibility index (Phi) is 8.37. The summed E-state index contributed by atoms with van der Waals surface area (Å²) in [6.07, 6.45) is 8.27. The summed E-state index contributed by atoms with van der Waals surface area (Å²) in [5.74, 6) is 1.54. The van der Waals surface area contributed by atoms with Crippen molar-refractivity contribution in [3.63, 3.8) is 0 Å². The number of likely N-dealkylation sites (N-methyl/N-ethyl adjacent to an activating group) is 1. The summed E-state index contributed by atoms with van der Waals surface area (Å²) < 4.78 is 0. The predicted octanol–water partition coefficient (Wildman–Crippen LogP) is 4.98. The largest absolute Gasteiger partial charge is 0.366 e. The van der Waals surface area contributed by atoms with E-state index in [1.54, 1.807) is 6.08 Å². The van der Waals surface area contributed by atoms with Gasteiger partial charge < -0.3 is 20.4 Å². The minimum atomic E-state index is -0.503. The molecule has 2 aromatic rings. The number of H-pyrrole nitrogens is 1. The van der Waals surface area contributed by atoms with Gasteiger partial charge in [-0.25, -0.2) is 4.79 Å². The first kappa shape index (κ1) is 26.9. The lowest BCUT2D eigenvalue weighted by atomic mass is 9.83. The van der Waals surface area contributed by atoms with Crippen LogP contribution in [0.1, 0.15) is 75.7 Å². The molecule has 0 bridgehead atoms. The predicted molar refractivity (Wildman–Crippen MR) is 147 cm³/mol. The van der Waals surface area contributed by atoms with Crippen LogP contribution < -0.4 is 10.6 Å². The fourth-order valence-electron chi connectivity index (χ4n) is 5.72. The zero-order valence-corrected chi connectivity index (χ0v) is 22.9. The summed E-state index contributed by atoms with van der Waals surface area (Å²) in [5, 5.41) is 14.7. The van der Waals surface area contributed by atoms with Crippen molar-refractivity contribution in [1.29, 1.82) is 0 Å². The summed E-state index contributed by atoms with van der Waals surface area (Å²) in [6, 6.07) is 10.3. The highest BCUT2D eigenvalue weighted by Crippen LogP contribution is 2.41. The first-order valence-electron chi connectivity index (χ1n) is 13.5. The number of aromatic amines is 1. The van der Waals surface area contributed by atoms with E-state index in [0.717, 1.165) is 48.3 Å². The molecule has 1 aliphatic carbocycles. The van der Waals surface area contributed by atoms with E-state index < -0.39 is 5.54 Å². The smallest absolute Gasteiger partial charge is 0.319 e. The van der Waals surface area contributed by atoms with Crippen LogP contribution in [0, 0.1) is 5.92 Å². The molecule has 0 spiro atoms. The Morgan fingerprint density at radius 1 is 1.19 bits per heavy atom. The van der Waals surface area contributed by atoms with E-state index in [9.17, 15) is 9.59 Å². The molecule has 3 N–H and O–H groups in total. The van der Waals surface area contributed by atoms with Crippen LogP contribution in [0.2, 0.25) is 0 Å². The summed E-state index contributed by atoms with van der Waals surface area (Å²) >= 11 is 0. The van der Waals surface area contributed by atoms with E-state index in [1.165, 1.54) is 0 Å². The van der Waals surface area contributed by atoms with E-state index in [-0.39, 0.29) is 17.9 Å². The molecular formula is C29H42N6O2. The molecule has 4 rings (SSSR count). The summed E-state index contributed by atoms with van der Waals surface area (Å²) in [5.41, 5.74) is 2.64. The van der Waals surface area contributed by atoms with Crippen LogP contribution in [0.15, 0.2) is 42.5 Å². The van der Waals surface area contributed by atoms with Crippen molar-refractivity contribution in [1.82, 2.24) is 25.3 Å². The van der Waals surface area contributed by atoms with Gasteiger partial charge in [-0.2, -0.15) is 5.10 Å². The van der Waals surface area contributed by atoms with Crippen molar-refractivity contribution in [3.8, 4) is 0 Å². The van der Waals surface area contributed by atoms with Crippen LogP contribution in [0.5, 0.6) is 0 Å². The lowest BCUT2D eigenvalue weighted by Crippen LogP contribution is -2.48. The Bertz CT molecular complexity index is 1100. The van der Waals surface area contributed by atoms with Gasteiger partial charge in [-0.15, -0.1) is 0 Å². The summed E-state index contributed by atoms with van der Waals surface area (Å²) in [7, 11) is 4.04. The van der Waals surface area contributed by atoms with Crippen molar-refractivity contribution >= 4 is 17.6 Å². The average molecular weight is 507 g/mol. The molecule has 0 unspecified atom stereocenters. The van der Waals surface area contributed by atoms with Gasteiger partial charge in [0.15, 0.2) is 11.6 Å². The van der Waals surface area contributed by atoms with E-state index >= 15 is 0 Å². The molecule has 8 nitrogen and oxygen atoms in total. The van der Waals surface area contributed by atoms with E-state index in [1.807, 2.05) is 50.2 Å². The number of amides is 2. The van der Waals surface area contributed by atoms with Crippen molar-refractivity contribution < 1.29 is 9.59 Å². The zero-order chi connectivity index (χ0) is 26.6. The summed E-state index contributed by atoms with van der Waals surface area (Å²) in [6.45, 7) is 7.24. The van der Waals surface area contributed by atoms with Crippen LogP contribution in [-0.2, 0) is 16.9 Å². The summed E-state index contributed by atoms with van der Waals surface area (Å²) in [4.78, 5) is 29.5. The number of urea groups is 1. The monoisotopic (exact) mass is 506 g/mol. The van der Waals surface area contributed by atoms with Crippen molar-refractivity contribution in [3.05, 3.63) is 59.3 Å². The van der Waals surface area contributed by atoms with Crippen LogP contribution in [0.25, 0.3) is 0 Å². The zero-order valence-electron chi connectivity index (χ0n) is 22.9. The van der Waals surface area contributed by atoms with Crippen LogP contribution >= 0.6 is 0 Å². The first-order chi connectivity index (χ1) is 17.7. The number of nitrogens with one attached hydrogen (secondary N) is 3. The van der Waals surface area contributed by atoms with Gasteiger partial charge in [-0.3, -0.25) is 9.89 Å². The lowest BCUT2D eigenvalue weighted by molar-refractivity contribution is -0.115. The molecule has 200 valence electrons. The fourth-order valence-corrected chi connectivity index (χ4v) is 5.72. The number of nitrogens with zero attached hydrogens (tertiary/aromatic N) is 3. The van der Waals surface area contributed by atoms with Crippen molar-refractivity contribution in [2.75, 3.05) is 26.0 Å². The van der Waals surface area contributed by atoms with E-state index in [4.69, 9.17) is 0 Å². The number of carbonyl (C=O) groups excluding carboxylic acids is 2. The normalized spacial score (nSPS) is 21.7. The van der Waals surface area contributed by atoms with Gasteiger partial charge in [0.25, 0.3) is 0 Å². The molecule has 37 heavy (non-hydrogen) atoms. The topological polar surface area (TPSA) is 93.4 Å². The molecule has 1 saturated carbocycles. The van der Waals surface area contributed by atoms with Crippen LogP contribution in [0.3, 0.4) is 0 Å². The first-order valence-corrected chi connectivity index (χ1v) is 13.5. The second kappa shape index (κ2) is 11.5. The number of allylic oxidation sites excluding steroid dienone is 2. The number of hydrogen-bond donors (Lipinski definition) is 3. The number of carbonyl (C=O) groups is 2. The molecule has 0 radical (unpaired) electrons. The maximum absolute atomic E-state index is 13.6. The number of benzene rings is 1. The lowest BCUT2D eigenvalue weighted by Gasteiger charge is -2.34. The average Bonchev–Trinajstić information content (AvgIpc) is 3.38. The van der Waals surface area contributed by atoms with Gasteiger partial charge in [0, 0.05) is 24.6 Å². The molecular weight excluding hydrogens is 464 g/mol. The van der Waals surface area contributed by atoms with Gasteiger partial charge in [-0.1, -0.05) is 36.4 Å². The Morgan fingerprint density at radius 3 is 2.54 bits per heavy atom. The molecule has 1 atom stereocenters. The van der Waals surface area contributed by atoms with Gasteiger partial charge >= 0.3 is 6.03 Å². The second-order valence-corrected chi connectivity index (χ2v) is 11.3. The molecule has 1 aromatic heterocycles. The van der Waals surface area contributed by atoms with Gasteiger partial charge in [-0.05, 0) is 78.1 Å². The highest BCUT2D eigenvalue weighted by atomic mass is 16.2. The molecule has 8 heteroatoms. The van der Waals surface area contributed by atoms with Crippen LogP contribution in [-0.4, -0.2) is 58.5 Å². The molecule has 1 aliphatic heterocycles. The molecule has 2 aliphatic rings. The standard InChI is InChI=1S/C29H42N6O2/c1-6-10-23(36)17-20-13-15-22(16-14-20)30-27-24-18-35(29(2,3)26(24)32-33-27)28(37)31-25(19-34(4)5)21-11-8-7-9-12-21/h6-12,20,22,25H,13-19H2,1-5H3,(H,31,37)(H2,30,32,33)/b10-6+/t20?,22?,25-/m1/s1. The van der Waals surface area contributed by atoms with Gasteiger partial charge in [0.2, 0.25) is 0 Å². The highest BCUT2D eigenvalue weighted by molar-refractivity contribution is 5.89. The second-order valence-electron chi connectivity index (χ2n) is 11.3. The minimum Gasteiger partial charge on any atom is -0.366 e. The number of hydrogen-bond acceptors (Lipinski definition) is 5. The quantitative estimate of drug-likeness (QED) is 0.417. The molecule has 2 heterocycles. The number of anilines is 1. The molecule has 2 amide bonds. The van der Waals surface area contributed by atoms with Crippen molar-refractivity contribution in [2.24, 2.45) is 5.92 Å². The Morgan fingerprint density at radius 2 is 1.89 bits per heavy atom. The third-order valence-corrected chi connectivity index (χ3v) is 7.79. The molecule has 1 fully saturated rings. The fraction of sp³-hybridized carbons (Fsp3) is 0.552. The molecule has 0 saturated heterocycles. The maximum atomic E-state index is 13.6. The van der Waals surface area contributed by atoms with Gasteiger partial charge in [0.1, 0.15) is 0 Å². The van der Waals surface area contributed by atoms with E-state index in [0.29, 0.717) is 31.5 Å². The third-order valence-electron chi connectivity index (χ3n) is 7.79. The molecule has 1 aromatic carbocycles. The third kappa shape index (κ3) is 6.24. The minimum absolute atomic E-state index is 0.0810. The number of fused-ring (bicyclic) bond motifs is 1.